The Kier molecular flexibility index (Phi) is 4.88. The number of amides is 3. The van der Waals surface area contributed by atoms with Gasteiger partial charge in [-0.2, -0.15) is 0 Å². The number of urea groups is 1. The summed E-state index contributed by atoms with van der Waals surface area (Å²) in [5.41, 5.74) is 10.3. The molecule has 0 unspecified atom stereocenters. The summed E-state index contributed by atoms with van der Waals surface area (Å²) in [6.07, 6.45) is 1.73. The first-order valence-corrected chi connectivity index (χ1v) is 8.34. The molecule has 130 valence electrons. The number of aryl methyl sites for hydroxylation is 1. The Hall–Kier alpha value is -3.02. The lowest BCUT2D eigenvalue weighted by atomic mass is 10.00. The van der Waals surface area contributed by atoms with E-state index in [-0.39, 0.29) is 12.5 Å². The highest BCUT2D eigenvalue weighted by Gasteiger charge is 2.23. The maximum Gasteiger partial charge on any atom is 0.319 e. The van der Waals surface area contributed by atoms with Gasteiger partial charge in [0.05, 0.1) is 6.54 Å². The largest absolute Gasteiger partial charge is 0.398 e. The molecule has 0 radical (unpaired) electrons. The fourth-order valence-corrected chi connectivity index (χ4v) is 3.06. The van der Waals surface area contributed by atoms with Crippen LogP contribution in [-0.2, 0) is 11.2 Å². The SMILES string of the molecule is Cc1cccc(NC(=O)NCC(=O)N2CCCc3c(N)cccc32)c1. The number of hydrogen-bond acceptors (Lipinski definition) is 3. The van der Waals surface area contributed by atoms with Crippen molar-refractivity contribution in [3.63, 3.8) is 0 Å². The Morgan fingerprint density at radius 1 is 1.20 bits per heavy atom. The van der Waals surface area contributed by atoms with Crippen molar-refractivity contribution < 1.29 is 9.59 Å². The van der Waals surface area contributed by atoms with Crippen molar-refractivity contribution in [3.05, 3.63) is 53.6 Å². The van der Waals surface area contributed by atoms with Crippen LogP contribution in [-0.4, -0.2) is 25.0 Å². The molecule has 0 saturated carbocycles. The molecule has 0 spiro atoms. The summed E-state index contributed by atoms with van der Waals surface area (Å²) in [7, 11) is 0. The number of anilines is 3. The second kappa shape index (κ2) is 7.25. The lowest BCUT2D eigenvalue weighted by Gasteiger charge is -2.30. The molecular formula is C19H22N4O2. The monoisotopic (exact) mass is 338 g/mol. The van der Waals surface area contributed by atoms with Gasteiger partial charge in [-0.15, -0.1) is 0 Å². The van der Waals surface area contributed by atoms with E-state index in [1.807, 2.05) is 43.3 Å². The molecule has 25 heavy (non-hydrogen) atoms. The van der Waals surface area contributed by atoms with Gasteiger partial charge >= 0.3 is 6.03 Å². The van der Waals surface area contributed by atoms with E-state index in [4.69, 9.17) is 5.73 Å². The van der Waals surface area contributed by atoms with Crippen LogP contribution in [0.1, 0.15) is 17.5 Å². The first-order chi connectivity index (χ1) is 12.0. The van der Waals surface area contributed by atoms with Crippen LogP contribution in [0, 0.1) is 6.92 Å². The van der Waals surface area contributed by atoms with Crippen molar-refractivity contribution in [2.24, 2.45) is 0 Å². The molecule has 0 atom stereocenters. The normalized spacial score (nSPS) is 13.1. The molecule has 0 fully saturated rings. The van der Waals surface area contributed by atoms with Crippen LogP contribution in [0.5, 0.6) is 0 Å². The van der Waals surface area contributed by atoms with Crippen LogP contribution >= 0.6 is 0 Å². The van der Waals surface area contributed by atoms with Crippen LogP contribution in [0.3, 0.4) is 0 Å². The fraction of sp³-hybridized carbons (Fsp3) is 0.263. The zero-order valence-corrected chi connectivity index (χ0v) is 14.2. The number of benzene rings is 2. The second-order valence-electron chi connectivity index (χ2n) is 6.17. The van der Waals surface area contributed by atoms with Crippen LogP contribution in [0.15, 0.2) is 42.5 Å². The topological polar surface area (TPSA) is 87.5 Å². The van der Waals surface area contributed by atoms with Crippen LogP contribution in [0.2, 0.25) is 0 Å². The first kappa shape index (κ1) is 16.8. The maximum absolute atomic E-state index is 12.5. The Balaban J connectivity index is 1.60. The average molecular weight is 338 g/mol. The van der Waals surface area contributed by atoms with Crippen molar-refractivity contribution in [3.8, 4) is 0 Å². The van der Waals surface area contributed by atoms with Crippen molar-refractivity contribution >= 4 is 29.0 Å². The molecule has 2 aromatic carbocycles. The molecule has 0 aromatic heterocycles. The summed E-state index contributed by atoms with van der Waals surface area (Å²) in [6, 6.07) is 12.7. The minimum absolute atomic E-state index is 0.0636. The van der Waals surface area contributed by atoms with Gasteiger partial charge in [0.1, 0.15) is 0 Å². The fourth-order valence-electron chi connectivity index (χ4n) is 3.06. The minimum Gasteiger partial charge on any atom is -0.398 e. The summed E-state index contributed by atoms with van der Waals surface area (Å²) in [5.74, 6) is -0.147. The molecule has 0 aliphatic carbocycles. The van der Waals surface area contributed by atoms with E-state index in [0.29, 0.717) is 17.9 Å². The third-order valence-corrected chi connectivity index (χ3v) is 4.26. The predicted octanol–water partition coefficient (Wildman–Crippen LogP) is 2.68. The number of hydrogen-bond donors (Lipinski definition) is 3. The van der Waals surface area contributed by atoms with Gasteiger partial charge in [-0.25, -0.2) is 4.79 Å². The van der Waals surface area contributed by atoms with Crippen LogP contribution < -0.4 is 21.3 Å². The van der Waals surface area contributed by atoms with Gasteiger partial charge in [-0.3, -0.25) is 4.79 Å². The predicted molar refractivity (Wildman–Crippen MR) is 99.7 cm³/mol. The zero-order chi connectivity index (χ0) is 17.8. The molecule has 0 bridgehead atoms. The number of nitrogens with zero attached hydrogens (tertiary/aromatic N) is 1. The molecule has 1 heterocycles. The smallest absolute Gasteiger partial charge is 0.319 e. The minimum atomic E-state index is -0.399. The molecule has 4 N–H and O–H groups in total. The van der Waals surface area contributed by atoms with E-state index >= 15 is 0 Å². The lowest BCUT2D eigenvalue weighted by Crippen LogP contribution is -2.43. The number of nitrogen functional groups attached to an aromatic ring is 1. The summed E-state index contributed by atoms with van der Waals surface area (Å²) in [5, 5.41) is 5.35. The average Bonchev–Trinajstić information content (AvgIpc) is 2.60. The second-order valence-corrected chi connectivity index (χ2v) is 6.17. The van der Waals surface area contributed by atoms with E-state index in [1.165, 1.54) is 0 Å². The summed E-state index contributed by atoms with van der Waals surface area (Å²) in [4.78, 5) is 26.2. The molecule has 3 rings (SSSR count). The standard InChI is InChI=1S/C19H22N4O2/c1-13-5-2-6-14(11-13)22-19(25)21-12-18(24)23-10-4-7-15-16(20)8-3-9-17(15)23/h2-3,5-6,8-9,11H,4,7,10,12,20H2,1H3,(H2,21,22,25). The van der Waals surface area contributed by atoms with E-state index in [9.17, 15) is 9.59 Å². The van der Waals surface area contributed by atoms with E-state index < -0.39 is 6.03 Å². The van der Waals surface area contributed by atoms with Gasteiger partial charge in [0.15, 0.2) is 0 Å². The van der Waals surface area contributed by atoms with E-state index in [0.717, 1.165) is 29.7 Å². The maximum atomic E-state index is 12.5. The Morgan fingerprint density at radius 3 is 2.80 bits per heavy atom. The third kappa shape index (κ3) is 3.91. The number of rotatable bonds is 3. The zero-order valence-electron chi connectivity index (χ0n) is 14.2. The molecule has 6 heteroatoms. The van der Waals surface area contributed by atoms with Gasteiger partial charge in [0.2, 0.25) is 5.91 Å². The number of fused-ring (bicyclic) bond motifs is 1. The van der Waals surface area contributed by atoms with Crippen LogP contribution in [0.25, 0.3) is 0 Å². The van der Waals surface area contributed by atoms with E-state index in [2.05, 4.69) is 10.6 Å². The first-order valence-electron chi connectivity index (χ1n) is 8.34. The Bertz CT molecular complexity index is 804. The molecule has 6 nitrogen and oxygen atoms in total. The van der Waals surface area contributed by atoms with Crippen molar-refractivity contribution in [2.75, 3.05) is 29.0 Å². The number of nitrogens with two attached hydrogens (primary N) is 1. The highest BCUT2D eigenvalue weighted by Crippen LogP contribution is 2.31. The summed E-state index contributed by atoms with van der Waals surface area (Å²) >= 11 is 0. The van der Waals surface area contributed by atoms with Gasteiger partial charge in [0.25, 0.3) is 0 Å². The van der Waals surface area contributed by atoms with Gasteiger partial charge < -0.3 is 21.3 Å². The highest BCUT2D eigenvalue weighted by molar-refractivity contribution is 5.99. The number of carbonyl (C=O) groups is 2. The number of nitrogens with one attached hydrogen (secondary N) is 2. The van der Waals surface area contributed by atoms with Gasteiger partial charge in [0, 0.05) is 23.6 Å². The van der Waals surface area contributed by atoms with Crippen LogP contribution in [0.4, 0.5) is 21.9 Å². The number of carbonyl (C=O) groups excluding carboxylic acids is 2. The quantitative estimate of drug-likeness (QED) is 0.752. The summed E-state index contributed by atoms with van der Waals surface area (Å²) < 4.78 is 0. The Labute approximate surface area is 147 Å². The third-order valence-electron chi connectivity index (χ3n) is 4.26. The lowest BCUT2D eigenvalue weighted by molar-refractivity contribution is -0.117. The highest BCUT2D eigenvalue weighted by atomic mass is 16.2. The van der Waals surface area contributed by atoms with Gasteiger partial charge in [-0.05, 0) is 55.2 Å². The molecule has 1 aliphatic rings. The molecular weight excluding hydrogens is 316 g/mol. The molecule has 3 amide bonds. The van der Waals surface area contributed by atoms with Crippen molar-refractivity contribution in [1.82, 2.24) is 5.32 Å². The Morgan fingerprint density at radius 2 is 2.00 bits per heavy atom. The summed E-state index contributed by atoms with van der Waals surface area (Å²) in [6.45, 7) is 2.52. The molecule has 0 saturated heterocycles. The van der Waals surface area contributed by atoms with E-state index in [1.54, 1.807) is 11.0 Å². The molecule has 1 aliphatic heterocycles. The van der Waals surface area contributed by atoms with Crippen molar-refractivity contribution in [1.29, 1.82) is 0 Å². The molecule has 2 aromatic rings. The van der Waals surface area contributed by atoms with Crippen molar-refractivity contribution in [2.45, 2.75) is 19.8 Å². The van der Waals surface area contributed by atoms with Gasteiger partial charge in [-0.1, -0.05) is 18.2 Å².